The van der Waals surface area contributed by atoms with Crippen molar-refractivity contribution in [2.45, 2.75) is 26.4 Å². The number of carbonyl (C=O) groups excluding carboxylic acids is 1. The van der Waals surface area contributed by atoms with Crippen LogP contribution in [0.4, 0.5) is 0 Å². The lowest BCUT2D eigenvalue weighted by molar-refractivity contribution is -0.130. The molecule has 4 nitrogen and oxygen atoms in total. The molecule has 0 spiro atoms. The van der Waals surface area contributed by atoms with E-state index in [-0.39, 0.29) is 5.91 Å². The van der Waals surface area contributed by atoms with Gasteiger partial charge in [-0.1, -0.05) is 24.3 Å². The molecule has 22 heavy (non-hydrogen) atoms. The van der Waals surface area contributed by atoms with E-state index in [1.54, 1.807) is 16.2 Å². The number of nitrogens with zero attached hydrogens (tertiary/aromatic N) is 3. The van der Waals surface area contributed by atoms with Crippen molar-refractivity contribution in [3.05, 3.63) is 52.3 Å². The van der Waals surface area contributed by atoms with Gasteiger partial charge in [0.2, 0.25) is 5.91 Å². The largest absolute Gasteiger partial charge is 0.341 e. The molecule has 0 aliphatic rings. The van der Waals surface area contributed by atoms with E-state index in [1.165, 1.54) is 10.4 Å². The lowest BCUT2D eigenvalue weighted by Crippen LogP contribution is -2.26. The summed E-state index contributed by atoms with van der Waals surface area (Å²) in [6, 6.07) is 10.2. The van der Waals surface area contributed by atoms with Gasteiger partial charge < -0.3 is 4.90 Å². The van der Waals surface area contributed by atoms with Crippen LogP contribution in [0.2, 0.25) is 0 Å². The average Bonchev–Trinajstić information content (AvgIpc) is 3.15. The summed E-state index contributed by atoms with van der Waals surface area (Å²) in [5, 5.41) is 7.57. The van der Waals surface area contributed by atoms with Gasteiger partial charge in [-0.15, -0.1) is 11.3 Å². The molecule has 1 amide bonds. The van der Waals surface area contributed by atoms with Gasteiger partial charge in [0.15, 0.2) is 0 Å². The third kappa shape index (κ3) is 3.04. The van der Waals surface area contributed by atoms with Gasteiger partial charge in [-0.2, -0.15) is 5.10 Å². The van der Waals surface area contributed by atoms with Gasteiger partial charge in [0.1, 0.15) is 0 Å². The zero-order valence-corrected chi connectivity index (χ0v) is 13.6. The predicted molar refractivity (Wildman–Crippen MR) is 89.9 cm³/mol. The molecule has 5 heteroatoms. The fraction of sp³-hybridized carbons (Fsp3) is 0.294. The second kappa shape index (κ2) is 6.32. The number of hydrogen-bond donors (Lipinski definition) is 0. The summed E-state index contributed by atoms with van der Waals surface area (Å²) < 4.78 is 1.93. The second-order valence-electron chi connectivity index (χ2n) is 5.46. The maximum Gasteiger partial charge on any atom is 0.224 e. The SMILES string of the molecule is Cc1cccc2cnn(CCC(=O)N(C)Cc3cccs3)c12. The smallest absolute Gasteiger partial charge is 0.224 e. The van der Waals surface area contributed by atoms with Crippen LogP contribution >= 0.6 is 11.3 Å². The summed E-state index contributed by atoms with van der Waals surface area (Å²) in [5.41, 5.74) is 2.31. The normalized spacial score (nSPS) is 11.0. The van der Waals surface area contributed by atoms with Crippen LogP contribution in [0, 0.1) is 6.92 Å². The van der Waals surface area contributed by atoms with E-state index in [4.69, 9.17) is 0 Å². The van der Waals surface area contributed by atoms with Crippen LogP contribution in [0.1, 0.15) is 16.9 Å². The Morgan fingerprint density at radius 1 is 1.32 bits per heavy atom. The number of benzene rings is 1. The summed E-state index contributed by atoms with van der Waals surface area (Å²) in [6.07, 6.45) is 2.33. The topological polar surface area (TPSA) is 38.1 Å². The zero-order chi connectivity index (χ0) is 15.5. The van der Waals surface area contributed by atoms with E-state index < -0.39 is 0 Å². The van der Waals surface area contributed by atoms with Gasteiger partial charge >= 0.3 is 0 Å². The van der Waals surface area contributed by atoms with E-state index in [0.717, 1.165) is 10.9 Å². The zero-order valence-electron chi connectivity index (χ0n) is 12.8. The lowest BCUT2D eigenvalue weighted by Gasteiger charge is -2.16. The summed E-state index contributed by atoms with van der Waals surface area (Å²) >= 11 is 1.68. The van der Waals surface area contributed by atoms with Crippen molar-refractivity contribution in [3.8, 4) is 0 Å². The molecule has 0 aliphatic heterocycles. The average molecular weight is 313 g/mol. The molecule has 0 fully saturated rings. The van der Waals surface area contributed by atoms with E-state index in [1.807, 2.05) is 35.4 Å². The highest BCUT2D eigenvalue weighted by Crippen LogP contribution is 2.18. The van der Waals surface area contributed by atoms with Crippen LogP contribution in [0.25, 0.3) is 10.9 Å². The minimum atomic E-state index is 0.144. The molecule has 0 atom stereocenters. The number of fused-ring (bicyclic) bond motifs is 1. The number of aromatic nitrogens is 2. The number of amides is 1. The molecule has 0 aliphatic carbocycles. The molecular formula is C17H19N3OS. The van der Waals surface area contributed by atoms with Crippen LogP contribution in [-0.2, 0) is 17.9 Å². The molecule has 0 saturated carbocycles. The van der Waals surface area contributed by atoms with E-state index in [0.29, 0.717) is 19.5 Å². The molecule has 0 saturated heterocycles. The van der Waals surface area contributed by atoms with Crippen LogP contribution in [0.3, 0.4) is 0 Å². The number of thiophene rings is 1. The van der Waals surface area contributed by atoms with Gasteiger partial charge in [0, 0.05) is 23.7 Å². The number of aryl methyl sites for hydroxylation is 2. The Hall–Kier alpha value is -2.14. The molecule has 0 N–H and O–H groups in total. The quantitative estimate of drug-likeness (QED) is 0.723. The summed E-state index contributed by atoms with van der Waals surface area (Å²) in [5.74, 6) is 0.144. The van der Waals surface area contributed by atoms with Gasteiger partial charge in [0.05, 0.1) is 24.8 Å². The van der Waals surface area contributed by atoms with Crippen molar-refractivity contribution in [2.75, 3.05) is 7.05 Å². The van der Waals surface area contributed by atoms with Gasteiger partial charge in [-0.3, -0.25) is 9.48 Å². The highest BCUT2D eigenvalue weighted by atomic mass is 32.1. The Morgan fingerprint density at radius 2 is 2.18 bits per heavy atom. The van der Waals surface area contributed by atoms with Crippen LogP contribution in [0.5, 0.6) is 0 Å². The van der Waals surface area contributed by atoms with E-state index in [9.17, 15) is 4.79 Å². The van der Waals surface area contributed by atoms with Crippen molar-refractivity contribution in [2.24, 2.45) is 0 Å². The standard InChI is InChI=1S/C17H19N3OS/c1-13-5-3-6-14-11-18-20(17(13)14)9-8-16(21)19(2)12-15-7-4-10-22-15/h3-7,10-11H,8-9,12H2,1-2H3. The molecule has 0 bridgehead atoms. The predicted octanol–water partition coefficient (Wildman–Crippen LogP) is 3.45. The Balaban J connectivity index is 1.65. The molecule has 2 aromatic heterocycles. The summed E-state index contributed by atoms with van der Waals surface area (Å²) in [7, 11) is 1.86. The Morgan fingerprint density at radius 3 is 2.95 bits per heavy atom. The van der Waals surface area contributed by atoms with E-state index >= 15 is 0 Å². The Bertz CT molecular complexity index is 776. The number of hydrogen-bond acceptors (Lipinski definition) is 3. The number of para-hydroxylation sites is 1. The number of rotatable bonds is 5. The Kier molecular flexibility index (Phi) is 4.24. The first-order valence-electron chi connectivity index (χ1n) is 7.32. The fourth-order valence-electron chi connectivity index (χ4n) is 2.61. The van der Waals surface area contributed by atoms with Crippen molar-refractivity contribution >= 4 is 28.1 Å². The van der Waals surface area contributed by atoms with Gasteiger partial charge in [0.25, 0.3) is 0 Å². The highest BCUT2D eigenvalue weighted by molar-refractivity contribution is 7.09. The van der Waals surface area contributed by atoms with Crippen molar-refractivity contribution in [1.82, 2.24) is 14.7 Å². The van der Waals surface area contributed by atoms with Crippen LogP contribution < -0.4 is 0 Å². The lowest BCUT2D eigenvalue weighted by atomic mass is 10.2. The molecule has 0 radical (unpaired) electrons. The molecule has 3 rings (SSSR count). The minimum Gasteiger partial charge on any atom is -0.341 e. The van der Waals surface area contributed by atoms with Crippen LogP contribution in [-0.4, -0.2) is 27.6 Å². The molecule has 2 heterocycles. The van der Waals surface area contributed by atoms with Gasteiger partial charge in [-0.05, 0) is 23.9 Å². The monoisotopic (exact) mass is 313 g/mol. The molecule has 1 aromatic carbocycles. The first kappa shape index (κ1) is 14.8. The molecular weight excluding hydrogens is 294 g/mol. The maximum absolute atomic E-state index is 12.3. The van der Waals surface area contributed by atoms with E-state index in [2.05, 4.69) is 30.2 Å². The highest BCUT2D eigenvalue weighted by Gasteiger charge is 2.12. The number of carbonyl (C=O) groups is 1. The summed E-state index contributed by atoms with van der Waals surface area (Å²) in [6.45, 7) is 3.36. The van der Waals surface area contributed by atoms with Crippen molar-refractivity contribution < 1.29 is 4.79 Å². The van der Waals surface area contributed by atoms with Gasteiger partial charge in [-0.25, -0.2) is 0 Å². The minimum absolute atomic E-state index is 0.144. The first-order chi connectivity index (χ1) is 10.6. The second-order valence-corrected chi connectivity index (χ2v) is 6.49. The third-order valence-electron chi connectivity index (χ3n) is 3.80. The third-order valence-corrected chi connectivity index (χ3v) is 4.66. The first-order valence-corrected chi connectivity index (χ1v) is 8.20. The maximum atomic E-state index is 12.3. The van der Waals surface area contributed by atoms with Crippen molar-refractivity contribution in [3.63, 3.8) is 0 Å². The van der Waals surface area contributed by atoms with Crippen molar-refractivity contribution in [1.29, 1.82) is 0 Å². The molecule has 3 aromatic rings. The molecule has 0 unspecified atom stereocenters. The molecule has 114 valence electrons. The fourth-order valence-corrected chi connectivity index (χ4v) is 3.37. The Labute approximate surface area is 134 Å². The summed E-state index contributed by atoms with van der Waals surface area (Å²) in [4.78, 5) is 15.3. The van der Waals surface area contributed by atoms with Crippen LogP contribution in [0.15, 0.2) is 41.9 Å².